The van der Waals surface area contributed by atoms with Gasteiger partial charge in [-0.2, -0.15) is 0 Å². The molecule has 0 aliphatic heterocycles. The maximum atomic E-state index is 2.50. The maximum absolute atomic E-state index is 2.50. The summed E-state index contributed by atoms with van der Waals surface area (Å²) >= 11 is 0. The van der Waals surface area contributed by atoms with E-state index in [0.717, 1.165) is 23.7 Å². The Morgan fingerprint density at radius 1 is 1.07 bits per heavy atom. The Bertz CT molecular complexity index is 161. The normalized spacial score (nSPS) is 29.6. The van der Waals surface area contributed by atoms with Crippen LogP contribution >= 0.6 is 0 Å². The minimum atomic E-state index is 0.970. The number of hydrogen-bond acceptors (Lipinski definition) is 0. The molecule has 4 unspecified atom stereocenters. The fourth-order valence-corrected chi connectivity index (χ4v) is 3.32. The molecule has 0 saturated heterocycles. The second-order valence-electron chi connectivity index (χ2n) is 5.79. The lowest BCUT2D eigenvalue weighted by Gasteiger charge is -2.43. The van der Waals surface area contributed by atoms with Gasteiger partial charge in [0.1, 0.15) is 0 Å². The maximum Gasteiger partial charge on any atom is -0.0357 e. The first kappa shape index (κ1) is 13.1. The average molecular weight is 210 g/mol. The number of hydrogen-bond donors (Lipinski definition) is 0. The SMILES string of the molecule is CCCCC(C)C(CCC)C1CCC1C. The summed E-state index contributed by atoms with van der Waals surface area (Å²) in [4.78, 5) is 0. The summed E-state index contributed by atoms with van der Waals surface area (Å²) in [6.45, 7) is 9.63. The molecular formula is C15H30. The smallest absolute Gasteiger partial charge is 0.0357 e. The molecule has 0 nitrogen and oxygen atoms in total. The van der Waals surface area contributed by atoms with Crippen LogP contribution in [0, 0.1) is 23.7 Å². The molecule has 90 valence electrons. The lowest BCUT2D eigenvalue weighted by Crippen LogP contribution is -2.34. The molecular weight excluding hydrogens is 180 g/mol. The van der Waals surface area contributed by atoms with Gasteiger partial charge in [-0.1, -0.05) is 66.2 Å². The molecule has 0 amide bonds. The van der Waals surface area contributed by atoms with E-state index >= 15 is 0 Å². The van der Waals surface area contributed by atoms with Crippen LogP contribution in [0.5, 0.6) is 0 Å². The molecule has 0 radical (unpaired) electrons. The molecule has 0 aromatic rings. The predicted octanol–water partition coefficient (Wildman–Crippen LogP) is 5.28. The molecule has 0 aromatic carbocycles. The molecule has 15 heavy (non-hydrogen) atoms. The van der Waals surface area contributed by atoms with Crippen LogP contribution in [0.3, 0.4) is 0 Å². The summed E-state index contributed by atoms with van der Waals surface area (Å²) in [5, 5.41) is 0. The fraction of sp³-hybridized carbons (Fsp3) is 1.00. The molecule has 0 bridgehead atoms. The fourth-order valence-electron chi connectivity index (χ4n) is 3.32. The van der Waals surface area contributed by atoms with Gasteiger partial charge >= 0.3 is 0 Å². The van der Waals surface area contributed by atoms with Gasteiger partial charge < -0.3 is 0 Å². The zero-order valence-electron chi connectivity index (χ0n) is 11.3. The molecule has 1 fully saturated rings. The monoisotopic (exact) mass is 210 g/mol. The van der Waals surface area contributed by atoms with Crippen molar-refractivity contribution in [3.63, 3.8) is 0 Å². The zero-order chi connectivity index (χ0) is 11.3. The van der Waals surface area contributed by atoms with E-state index in [1.165, 1.54) is 44.9 Å². The summed E-state index contributed by atoms with van der Waals surface area (Å²) in [7, 11) is 0. The van der Waals surface area contributed by atoms with E-state index in [2.05, 4.69) is 27.7 Å². The van der Waals surface area contributed by atoms with Crippen LogP contribution in [0.2, 0.25) is 0 Å². The standard InChI is InChI=1S/C15H30/c1-5-7-9-12(3)14(8-6-2)15-11-10-13(15)4/h12-15H,5-11H2,1-4H3. The predicted molar refractivity (Wildman–Crippen MR) is 69.0 cm³/mol. The largest absolute Gasteiger partial charge is 0.0654 e. The molecule has 1 aliphatic rings. The van der Waals surface area contributed by atoms with Crippen molar-refractivity contribution in [2.75, 3.05) is 0 Å². The molecule has 0 heteroatoms. The summed E-state index contributed by atoms with van der Waals surface area (Å²) in [6.07, 6.45) is 10.1. The topological polar surface area (TPSA) is 0 Å². The van der Waals surface area contributed by atoms with Gasteiger partial charge in [0.25, 0.3) is 0 Å². The van der Waals surface area contributed by atoms with Crippen LogP contribution in [0.4, 0.5) is 0 Å². The highest BCUT2D eigenvalue weighted by atomic mass is 14.4. The Labute approximate surface area is 96.8 Å². The van der Waals surface area contributed by atoms with Crippen molar-refractivity contribution >= 4 is 0 Å². The van der Waals surface area contributed by atoms with E-state index in [0.29, 0.717) is 0 Å². The molecule has 0 aromatic heterocycles. The Morgan fingerprint density at radius 2 is 1.80 bits per heavy atom. The second-order valence-corrected chi connectivity index (χ2v) is 5.79. The minimum Gasteiger partial charge on any atom is -0.0654 e. The van der Waals surface area contributed by atoms with Crippen molar-refractivity contribution in [3.8, 4) is 0 Å². The second kappa shape index (κ2) is 6.55. The highest BCUT2D eigenvalue weighted by Crippen LogP contribution is 2.45. The minimum absolute atomic E-state index is 0.970. The molecule has 1 aliphatic carbocycles. The van der Waals surface area contributed by atoms with Crippen molar-refractivity contribution in [3.05, 3.63) is 0 Å². The van der Waals surface area contributed by atoms with Gasteiger partial charge in [0.2, 0.25) is 0 Å². The zero-order valence-corrected chi connectivity index (χ0v) is 11.3. The number of rotatable bonds is 7. The number of unbranched alkanes of at least 4 members (excludes halogenated alkanes) is 1. The van der Waals surface area contributed by atoms with Crippen LogP contribution in [-0.4, -0.2) is 0 Å². The first-order valence-corrected chi connectivity index (χ1v) is 7.20. The van der Waals surface area contributed by atoms with Gasteiger partial charge in [-0.3, -0.25) is 0 Å². The van der Waals surface area contributed by atoms with Crippen molar-refractivity contribution in [2.45, 2.75) is 72.6 Å². The van der Waals surface area contributed by atoms with E-state index in [1.54, 1.807) is 0 Å². The van der Waals surface area contributed by atoms with Crippen LogP contribution in [-0.2, 0) is 0 Å². The first-order valence-electron chi connectivity index (χ1n) is 7.20. The Balaban J connectivity index is 2.41. The first-order chi connectivity index (χ1) is 7.20. The van der Waals surface area contributed by atoms with Crippen LogP contribution in [0.25, 0.3) is 0 Å². The molecule has 0 spiro atoms. The lowest BCUT2D eigenvalue weighted by molar-refractivity contribution is 0.0723. The molecule has 0 N–H and O–H groups in total. The van der Waals surface area contributed by atoms with Crippen molar-refractivity contribution in [2.24, 2.45) is 23.7 Å². The Hall–Kier alpha value is 0. The van der Waals surface area contributed by atoms with E-state index < -0.39 is 0 Å². The molecule has 1 rings (SSSR count). The van der Waals surface area contributed by atoms with Crippen molar-refractivity contribution < 1.29 is 0 Å². The van der Waals surface area contributed by atoms with Gasteiger partial charge in [0, 0.05) is 0 Å². The van der Waals surface area contributed by atoms with Gasteiger partial charge in [0.05, 0.1) is 0 Å². The molecule has 1 saturated carbocycles. The summed E-state index contributed by atoms with van der Waals surface area (Å²) in [5.41, 5.74) is 0. The third-order valence-corrected chi connectivity index (χ3v) is 4.60. The molecule has 0 heterocycles. The highest BCUT2D eigenvalue weighted by Gasteiger charge is 2.35. The third kappa shape index (κ3) is 3.50. The van der Waals surface area contributed by atoms with Crippen LogP contribution in [0.15, 0.2) is 0 Å². The summed E-state index contributed by atoms with van der Waals surface area (Å²) in [5.74, 6) is 4.09. The summed E-state index contributed by atoms with van der Waals surface area (Å²) < 4.78 is 0. The average Bonchev–Trinajstić information content (AvgIpc) is 2.23. The highest BCUT2D eigenvalue weighted by molar-refractivity contribution is 4.85. The lowest BCUT2D eigenvalue weighted by atomic mass is 9.63. The van der Waals surface area contributed by atoms with Crippen LogP contribution < -0.4 is 0 Å². The van der Waals surface area contributed by atoms with Gasteiger partial charge in [0.15, 0.2) is 0 Å². The van der Waals surface area contributed by atoms with Gasteiger partial charge in [-0.05, 0) is 30.1 Å². The van der Waals surface area contributed by atoms with E-state index in [-0.39, 0.29) is 0 Å². The quantitative estimate of drug-likeness (QED) is 0.536. The van der Waals surface area contributed by atoms with Gasteiger partial charge in [-0.25, -0.2) is 0 Å². The van der Waals surface area contributed by atoms with E-state index in [4.69, 9.17) is 0 Å². The third-order valence-electron chi connectivity index (χ3n) is 4.60. The summed E-state index contributed by atoms with van der Waals surface area (Å²) in [6, 6.07) is 0. The van der Waals surface area contributed by atoms with E-state index in [1.807, 2.05) is 0 Å². The van der Waals surface area contributed by atoms with Crippen LogP contribution in [0.1, 0.15) is 72.6 Å². The Kier molecular flexibility index (Phi) is 5.71. The Morgan fingerprint density at radius 3 is 2.20 bits per heavy atom. The van der Waals surface area contributed by atoms with Gasteiger partial charge in [-0.15, -0.1) is 0 Å². The van der Waals surface area contributed by atoms with Crippen molar-refractivity contribution in [1.29, 1.82) is 0 Å². The van der Waals surface area contributed by atoms with Crippen molar-refractivity contribution in [1.82, 2.24) is 0 Å². The molecule has 4 atom stereocenters. The van der Waals surface area contributed by atoms with E-state index in [9.17, 15) is 0 Å².